The van der Waals surface area contributed by atoms with Crippen LogP contribution in [0.25, 0.3) is 0 Å². The van der Waals surface area contributed by atoms with Gasteiger partial charge in [-0.1, -0.05) is 6.08 Å². The van der Waals surface area contributed by atoms with Crippen LogP contribution in [0, 0.1) is 0 Å². The van der Waals surface area contributed by atoms with E-state index in [-0.39, 0.29) is 11.8 Å². The third kappa shape index (κ3) is 4.21. The van der Waals surface area contributed by atoms with Crippen LogP contribution in [0.1, 0.15) is 13.3 Å². The lowest BCUT2D eigenvalue weighted by atomic mass is 10.3. The number of hydrogen-bond acceptors (Lipinski definition) is 4. The molecule has 1 N–H and O–H groups in total. The van der Waals surface area contributed by atoms with E-state index in [2.05, 4.69) is 5.32 Å². The summed E-state index contributed by atoms with van der Waals surface area (Å²) in [5, 5.41) is 4.44. The number of ether oxygens (including phenoxy) is 1. The lowest BCUT2D eigenvalue weighted by Gasteiger charge is -2.09. The Morgan fingerprint density at radius 2 is 2.36 bits per heavy atom. The monoisotopic (exact) mass is 219 g/mol. The Kier molecular flexibility index (Phi) is 4.57. The molecule has 0 aromatic carbocycles. The first-order valence-corrected chi connectivity index (χ1v) is 6.57. The fourth-order valence-corrected chi connectivity index (χ4v) is 2.58. The van der Waals surface area contributed by atoms with Gasteiger partial charge in [-0.3, -0.25) is 0 Å². The maximum absolute atomic E-state index is 11.0. The second-order valence-corrected chi connectivity index (χ2v) is 5.20. The third-order valence-corrected chi connectivity index (χ3v) is 3.40. The van der Waals surface area contributed by atoms with Crippen molar-refractivity contribution in [2.24, 2.45) is 0 Å². The molecular formula is C9H17NO3S. The predicted octanol–water partition coefficient (Wildman–Crippen LogP) is 0.313. The molecule has 0 aliphatic carbocycles. The zero-order valence-corrected chi connectivity index (χ0v) is 9.22. The Morgan fingerprint density at radius 1 is 1.57 bits per heavy atom. The molecule has 14 heavy (non-hydrogen) atoms. The molecule has 1 atom stereocenters. The largest absolute Gasteiger partial charge is 0.382 e. The van der Waals surface area contributed by atoms with E-state index in [1.54, 1.807) is 6.08 Å². The van der Waals surface area contributed by atoms with Gasteiger partial charge in [0.25, 0.3) is 0 Å². The smallest absolute Gasteiger partial charge is 0.173 e. The standard InChI is InChI=1S/C9H17NO3S/c1-2-13-6-3-5-10-9-4-7-14(11,12)8-9/h4,7,9-10H,2-3,5-6,8H2,1H3. The number of hydrogen-bond donors (Lipinski definition) is 1. The van der Waals surface area contributed by atoms with E-state index in [9.17, 15) is 8.42 Å². The minimum Gasteiger partial charge on any atom is -0.382 e. The molecule has 4 nitrogen and oxygen atoms in total. The minimum absolute atomic E-state index is 0.0124. The van der Waals surface area contributed by atoms with Crippen LogP contribution in [-0.2, 0) is 14.6 Å². The van der Waals surface area contributed by atoms with Crippen LogP contribution >= 0.6 is 0 Å². The van der Waals surface area contributed by atoms with Gasteiger partial charge in [-0.2, -0.15) is 0 Å². The Labute approximate surface area is 85.3 Å². The third-order valence-electron chi connectivity index (χ3n) is 2.01. The zero-order valence-electron chi connectivity index (χ0n) is 8.40. The van der Waals surface area contributed by atoms with Crippen molar-refractivity contribution >= 4 is 9.84 Å². The van der Waals surface area contributed by atoms with E-state index in [0.717, 1.165) is 26.2 Å². The molecule has 1 heterocycles. The van der Waals surface area contributed by atoms with E-state index < -0.39 is 9.84 Å². The van der Waals surface area contributed by atoms with E-state index in [0.29, 0.717) is 0 Å². The van der Waals surface area contributed by atoms with Gasteiger partial charge in [0.1, 0.15) is 0 Å². The molecule has 82 valence electrons. The van der Waals surface area contributed by atoms with Crippen molar-refractivity contribution < 1.29 is 13.2 Å². The summed E-state index contributed by atoms with van der Waals surface area (Å²) in [6, 6.07) is -0.0124. The van der Waals surface area contributed by atoms with E-state index in [1.165, 1.54) is 5.41 Å². The lowest BCUT2D eigenvalue weighted by molar-refractivity contribution is 0.144. The van der Waals surface area contributed by atoms with Crippen LogP contribution < -0.4 is 5.32 Å². The van der Waals surface area contributed by atoms with Crippen LogP contribution in [0.15, 0.2) is 11.5 Å². The normalized spacial score (nSPS) is 24.2. The molecule has 0 aromatic rings. The average Bonchev–Trinajstić information content (AvgIpc) is 2.45. The molecule has 1 aliphatic heterocycles. The fraction of sp³-hybridized carbons (Fsp3) is 0.778. The first-order chi connectivity index (χ1) is 6.64. The molecule has 0 bridgehead atoms. The first kappa shape index (κ1) is 11.7. The summed E-state index contributed by atoms with van der Waals surface area (Å²) in [4.78, 5) is 0. The average molecular weight is 219 g/mol. The molecule has 0 spiro atoms. The Bertz CT molecular complexity index is 284. The van der Waals surface area contributed by atoms with E-state index in [1.807, 2.05) is 6.92 Å². The van der Waals surface area contributed by atoms with Gasteiger partial charge in [0.05, 0.1) is 5.75 Å². The van der Waals surface area contributed by atoms with Crippen LogP contribution in [0.3, 0.4) is 0 Å². The highest BCUT2D eigenvalue weighted by Crippen LogP contribution is 2.07. The summed E-state index contributed by atoms with van der Waals surface area (Å²) in [5.41, 5.74) is 0. The van der Waals surface area contributed by atoms with E-state index >= 15 is 0 Å². The predicted molar refractivity (Wildman–Crippen MR) is 55.8 cm³/mol. The molecule has 1 rings (SSSR count). The highest BCUT2D eigenvalue weighted by atomic mass is 32.2. The summed E-state index contributed by atoms with van der Waals surface area (Å²) in [5.74, 6) is 0.196. The maximum atomic E-state index is 11.0. The van der Waals surface area contributed by atoms with Crippen molar-refractivity contribution in [2.45, 2.75) is 19.4 Å². The number of rotatable bonds is 6. The summed E-state index contributed by atoms with van der Waals surface area (Å²) in [7, 11) is -2.92. The van der Waals surface area contributed by atoms with Crippen LogP contribution in [-0.4, -0.2) is 40.0 Å². The zero-order chi connectivity index (χ0) is 10.4. The molecule has 1 unspecified atom stereocenters. The molecule has 5 heteroatoms. The molecule has 0 fully saturated rings. The van der Waals surface area contributed by atoms with Crippen molar-refractivity contribution in [3.8, 4) is 0 Å². The van der Waals surface area contributed by atoms with Crippen LogP contribution in [0.2, 0.25) is 0 Å². The van der Waals surface area contributed by atoms with Crippen LogP contribution in [0.5, 0.6) is 0 Å². The number of sulfone groups is 1. The van der Waals surface area contributed by atoms with E-state index in [4.69, 9.17) is 4.74 Å². The van der Waals surface area contributed by atoms with Gasteiger partial charge in [0.15, 0.2) is 9.84 Å². The quantitative estimate of drug-likeness (QED) is 0.653. The van der Waals surface area contributed by atoms with Gasteiger partial charge in [-0.25, -0.2) is 8.42 Å². The van der Waals surface area contributed by atoms with Crippen molar-refractivity contribution in [1.82, 2.24) is 5.32 Å². The van der Waals surface area contributed by atoms with Crippen molar-refractivity contribution in [3.63, 3.8) is 0 Å². The summed E-state index contributed by atoms with van der Waals surface area (Å²) < 4.78 is 27.2. The summed E-state index contributed by atoms with van der Waals surface area (Å²) >= 11 is 0. The van der Waals surface area contributed by atoms with Gasteiger partial charge in [-0.15, -0.1) is 0 Å². The summed E-state index contributed by atoms with van der Waals surface area (Å²) in [6.45, 7) is 4.22. The van der Waals surface area contributed by atoms with Crippen molar-refractivity contribution in [2.75, 3.05) is 25.5 Å². The molecule has 0 radical (unpaired) electrons. The molecule has 0 aromatic heterocycles. The lowest BCUT2D eigenvalue weighted by Crippen LogP contribution is -2.31. The molecule has 1 aliphatic rings. The van der Waals surface area contributed by atoms with Gasteiger partial charge in [0, 0.05) is 24.7 Å². The topological polar surface area (TPSA) is 55.4 Å². The van der Waals surface area contributed by atoms with Crippen molar-refractivity contribution in [3.05, 3.63) is 11.5 Å². The maximum Gasteiger partial charge on any atom is 0.173 e. The molecule has 0 saturated heterocycles. The molecular weight excluding hydrogens is 202 g/mol. The Morgan fingerprint density at radius 3 is 2.93 bits per heavy atom. The molecule has 0 saturated carbocycles. The highest BCUT2D eigenvalue weighted by molar-refractivity contribution is 7.94. The van der Waals surface area contributed by atoms with Gasteiger partial charge in [-0.05, 0) is 19.9 Å². The fourth-order valence-electron chi connectivity index (χ4n) is 1.31. The Balaban J connectivity index is 2.07. The minimum atomic E-state index is -2.92. The molecule has 0 amide bonds. The van der Waals surface area contributed by atoms with Gasteiger partial charge < -0.3 is 10.1 Å². The highest BCUT2D eigenvalue weighted by Gasteiger charge is 2.20. The van der Waals surface area contributed by atoms with Crippen molar-refractivity contribution in [1.29, 1.82) is 0 Å². The summed E-state index contributed by atoms with van der Waals surface area (Å²) in [6.07, 6.45) is 2.62. The SMILES string of the molecule is CCOCCCNC1C=CS(=O)(=O)C1. The second-order valence-electron chi connectivity index (χ2n) is 3.27. The van der Waals surface area contributed by atoms with Gasteiger partial charge in [0.2, 0.25) is 0 Å². The number of nitrogens with one attached hydrogen (secondary N) is 1. The van der Waals surface area contributed by atoms with Gasteiger partial charge >= 0.3 is 0 Å². The first-order valence-electron chi connectivity index (χ1n) is 4.86. The Hall–Kier alpha value is -0.390. The van der Waals surface area contributed by atoms with Crippen LogP contribution in [0.4, 0.5) is 0 Å². The second kappa shape index (κ2) is 5.48.